The third kappa shape index (κ3) is 5.69. The van der Waals surface area contributed by atoms with Gasteiger partial charge in [0.2, 0.25) is 11.8 Å². The Morgan fingerprint density at radius 1 is 1.07 bits per heavy atom. The number of rotatable bonds is 10. The zero-order valence-electron chi connectivity index (χ0n) is 17.8. The van der Waals surface area contributed by atoms with E-state index in [-0.39, 0.29) is 18.4 Å². The summed E-state index contributed by atoms with van der Waals surface area (Å²) in [6, 6.07) is 17.9. The summed E-state index contributed by atoms with van der Waals surface area (Å²) in [6.07, 6.45) is 2.89. The van der Waals surface area contributed by atoms with Crippen LogP contribution in [-0.2, 0) is 29.1 Å². The highest BCUT2D eigenvalue weighted by atomic mass is 16.2. The number of amides is 2. The summed E-state index contributed by atoms with van der Waals surface area (Å²) in [5.74, 6) is 1.01. The lowest BCUT2D eigenvalue weighted by molar-refractivity contribution is -0.131. The van der Waals surface area contributed by atoms with Crippen LogP contribution in [0.3, 0.4) is 0 Å². The molecule has 0 aliphatic heterocycles. The SMILES string of the molecule is CCCC(=O)NCCCc1nc2ccccc2n1CC(=O)N(C)Cc1ccccc1. The van der Waals surface area contributed by atoms with Crippen LogP contribution in [-0.4, -0.2) is 39.9 Å². The Balaban J connectivity index is 1.68. The molecule has 0 aliphatic carbocycles. The van der Waals surface area contributed by atoms with Crippen molar-refractivity contribution in [2.24, 2.45) is 0 Å². The number of aryl methyl sites for hydroxylation is 1. The van der Waals surface area contributed by atoms with Gasteiger partial charge in [0.25, 0.3) is 0 Å². The van der Waals surface area contributed by atoms with Crippen LogP contribution >= 0.6 is 0 Å². The topological polar surface area (TPSA) is 67.2 Å². The highest BCUT2D eigenvalue weighted by molar-refractivity contribution is 5.81. The molecule has 2 amide bonds. The molecule has 1 aromatic heterocycles. The molecule has 3 aromatic rings. The number of carbonyl (C=O) groups is 2. The second-order valence-corrected chi connectivity index (χ2v) is 7.54. The maximum absolute atomic E-state index is 12.9. The largest absolute Gasteiger partial charge is 0.356 e. The number of aromatic nitrogens is 2. The fourth-order valence-electron chi connectivity index (χ4n) is 3.48. The predicted molar refractivity (Wildman–Crippen MR) is 119 cm³/mol. The zero-order valence-corrected chi connectivity index (χ0v) is 17.8. The van der Waals surface area contributed by atoms with Crippen molar-refractivity contribution in [3.63, 3.8) is 0 Å². The molecule has 0 bridgehead atoms. The van der Waals surface area contributed by atoms with Crippen LogP contribution in [0, 0.1) is 0 Å². The Morgan fingerprint density at radius 3 is 2.57 bits per heavy atom. The summed E-state index contributed by atoms with van der Waals surface area (Å²) < 4.78 is 2.01. The molecule has 6 heteroatoms. The van der Waals surface area contributed by atoms with E-state index in [0.717, 1.165) is 35.3 Å². The second-order valence-electron chi connectivity index (χ2n) is 7.54. The van der Waals surface area contributed by atoms with Crippen LogP contribution in [0.4, 0.5) is 0 Å². The van der Waals surface area contributed by atoms with E-state index in [2.05, 4.69) is 5.32 Å². The van der Waals surface area contributed by atoms with Crippen molar-refractivity contribution in [1.29, 1.82) is 0 Å². The number of nitrogens with one attached hydrogen (secondary N) is 1. The average Bonchev–Trinajstić information content (AvgIpc) is 3.09. The average molecular weight is 407 g/mol. The van der Waals surface area contributed by atoms with Crippen molar-refractivity contribution in [3.8, 4) is 0 Å². The number of benzene rings is 2. The minimum Gasteiger partial charge on any atom is -0.356 e. The molecule has 0 atom stereocenters. The van der Waals surface area contributed by atoms with Crippen LogP contribution in [0.15, 0.2) is 54.6 Å². The summed E-state index contributed by atoms with van der Waals surface area (Å²) in [4.78, 5) is 31.1. The van der Waals surface area contributed by atoms with E-state index in [4.69, 9.17) is 4.98 Å². The molecule has 0 aliphatic rings. The van der Waals surface area contributed by atoms with Crippen molar-refractivity contribution in [1.82, 2.24) is 19.8 Å². The van der Waals surface area contributed by atoms with Crippen LogP contribution < -0.4 is 5.32 Å². The molecule has 0 radical (unpaired) electrons. The number of imidazole rings is 1. The van der Waals surface area contributed by atoms with Gasteiger partial charge in [-0.25, -0.2) is 4.98 Å². The van der Waals surface area contributed by atoms with E-state index in [1.54, 1.807) is 4.90 Å². The summed E-state index contributed by atoms with van der Waals surface area (Å²) in [7, 11) is 1.83. The third-order valence-corrected chi connectivity index (χ3v) is 5.09. The molecule has 0 spiro atoms. The molecule has 0 saturated heterocycles. The molecule has 0 unspecified atom stereocenters. The molecule has 6 nitrogen and oxygen atoms in total. The molecule has 0 fully saturated rings. The highest BCUT2D eigenvalue weighted by Gasteiger charge is 2.16. The summed E-state index contributed by atoms with van der Waals surface area (Å²) in [5, 5.41) is 2.94. The number of fused-ring (bicyclic) bond motifs is 1. The van der Waals surface area contributed by atoms with Crippen molar-refractivity contribution in [2.75, 3.05) is 13.6 Å². The first-order valence-corrected chi connectivity index (χ1v) is 10.6. The monoisotopic (exact) mass is 406 g/mol. The first-order valence-electron chi connectivity index (χ1n) is 10.6. The van der Waals surface area contributed by atoms with E-state index in [1.165, 1.54) is 0 Å². The summed E-state index contributed by atoms with van der Waals surface area (Å²) in [6.45, 7) is 3.43. The van der Waals surface area contributed by atoms with E-state index >= 15 is 0 Å². The number of para-hydroxylation sites is 2. The fraction of sp³-hybridized carbons (Fsp3) is 0.375. The van der Waals surface area contributed by atoms with Crippen LogP contribution in [0.5, 0.6) is 0 Å². The maximum Gasteiger partial charge on any atom is 0.242 e. The van der Waals surface area contributed by atoms with Crippen LogP contribution in [0.2, 0.25) is 0 Å². The molecule has 1 N–H and O–H groups in total. The van der Waals surface area contributed by atoms with Gasteiger partial charge in [-0.1, -0.05) is 49.4 Å². The third-order valence-electron chi connectivity index (χ3n) is 5.09. The lowest BCUT2D eigenvalue weighted by Crippen LogP contribution is -2.30. The van der Waals surface area contributed by atoms with Crippen LogP contribution in [0.1, 0.15) is 37.6 Å². The first-order chi connectivity index (χ1) is 14.6. The number of likely N-dealkylation sites (N-methyl/N-ethyl adjacent to an activating group) is 1. The van der Waals surface area contributed by atoms with Crippen molar-refractivity contribution < 1.29 is 9.59 Å². The van der Waals surface area contributed by atoms with E-state index in [9.17, 15) is 9.59 Å². The van der Waals surface area contributed by atoms with E-state index < -0.39 is 0 Å². The molecular weight excluding hydrogens is 376 g/mol. The molecule has 158 valence electrons. The van der Waals surface area contributed by atoms with Gasteiger partial charge in [-0.3, -0.25) is 9.59 Å². The number of carbonyl (C=O) groups excluding carboxylic acids is 2. The maximum atomic E-state index is 12.9. The molecule has 2 aromatic carbocycles. The Bertz CT molecular complexity index is 981. The van der Waals surface area contributed by atoms with Crippen molar-refractivity contribution in [3.05, 3.63) is 66.0 Å². The van der Waals surface area contributed by atoms with Gasteiger partial charge in [0.05, 0.1) is 11.0 Å². The molecule has 1 heterocycles. The fourth-order valence-corrected chi connectivity index (χ4v) is 3.48. The molecular formula is C24H30N4O2. The lowest BCUT2D eigenvalue weighted by Gasteiger charge is -2.19. The second kappa shape index (κ2) is 10.6. The van der Waals surface area contributed by atoms with E-state index in [0.29, 0.717) is 25.9 Å². The van der Waals surface area contributed by atoms with Crippen LogP contribution in [0.25, 0.3) is 11.0 Å². The van der Waals surface area contributed by atoms with Gasteiger partial charge in [-0.05, 0) is 30.5 Å². The van der Waals surface area contributed by atoms with Gasteiger partial charge in [0.1, 0.15) is 12.4 Å². The summed E-state index contributed by atoms with van der Waals surface area (Å²) >= 11 is 0. The number of hydrogen-bond donors (Lipinski definition) is 1. The number of hydrogen-bond acceptors (Lipinski definition) is 3. The number of nitrogens with zero attached hydrogens (tertiary/aromatic N) is 3. The van der Waals surface area contributed by atoms with Gasteiger partial charge < -0.3 is 14.8 Å². The van der Waals surface area contributed by atoms with Gasteiger partial charge >= 0.3 is 0 Å². The van der Waals surface area contributed by atoms with Crippen molar-refractivity contribution >= 4 is 22.8 Å². The Kier molecular flexibility index (Phi) is 7.60. The standard InChI is InChI=1S/C24H30N4O2/c1-3-10-23(29)25-16-9-15-22-26-20-13-7-8-14-21(20)28(22)18-24(30)27(2)17-19-11-5-4-6-12-19/h4-8,11-14H,3,9-10,15-18H2,1-2H3,(H,25,29). The molecule has 30 heavy (non-hydrogen) atoms. The van der Waals surface area contributed by atoms with Gasteiger partial charge in [0, 0.05) is 33.0 Å². The minimum atomic E-state index is 0.0412. The first kappa shape index (κ1) is 21.6. The molecule has 3 rings (SSSR count). The summed E-state index contributed by atoms with van der Waals surface area (Å²) in [5.41, 5.74) is 2.96. The Morgan fingerprint density at radius 2 is 1.80 bits per heavy atom. The van der Waals surface area contributed by atoms with Crippen molar-refractivity contribution in [2.45, 2.75) is 45.7 Å². The Hall–Kier alpha value is -3.15. The Labute approximate surface area is 177 Å². The quantitative estimate of drug-likeness (QED) is 0.524. The minimum absolute atomic E-state index is 0.0412. The van der Waals surface area contributed by atoms with Gasteiger partial charge in [-0.2, -0.15) is 0 Å². The lowest BCUT2D eigenvalue weighted by atomic mass is 10.2. The van der Waals surface area contributed by atoms with E-state index in [1.807, 2.05) is 73.1 Å². The van der Waals surface area contributed by atoms with Gasteiger partial charge in [0.15, 0.2) is 0 Å². The normalized spacial score (nSPS) is 10.9. The van der Waals surface area contributed by atoms with Gasteiger partial charge in [-0.15, -0.1) is 0 Å². The smallest absolute Gasteiger partial charge is 0.242 e. The zero-order chi connectivity index (χ0) is 21.3. The predicted octanol–water partition coefficient (Wildman–Crippen LogP) is 3.54. The molecule has 0 saturated carbocycles. The highest BCUT2D eigenvalue weighted by Crippen LogP contribution is 2.18.